The monoisotopic (exact) mass is 748 g/mol. The SMILES string of the molecule is CCOC(=O)C1=C(C)N=c2s/c(=C\c3cc(Br)cc(I)c3OCc3ccccc3)c(=O)n2[C@H]1c1ccccc1Cl. The maximum atomic E-state index is 14.0. The lowest BCUT2D eigenvalue weighted by atomic mass is 9.96. The van der Waals surface area contributed by atoms with Crippen LogP contribution in [0.5, 0.6) is 5.75 Å². The van der Waals surface area contributed by atoms with Crippen LogP contribution in [0.25, 0.3) is 6.08 Å². The third-order valence-corrected chi connectivity index (χ3v) is 8.85. The van der Waals surface area contributed by atoms with Gasteiger partial charge < -0.3 is 9.47 Å². The van der Waals surface area contributed by atoms with Crippen LogP contribution in [0.4, 0.5) is 0 Å². The van der Waals surface area contributed by atoms with Crippen LogP contribution < -0.4 is 19.6 Å². The number of carbonyl (C=O) groups excluding carboxylic acids is 1. The molecule has 10 heteroatoms. The zero-order valence-corrected chi connectivity index (χ0v) is 26.8. The highest BCUT2D eigenvalue weighted by Gasteiger charge is 2.34. The highest BCUT2D eigenvalue weighted by molar-refractivity contribution is 14.1. The van der Waals surface area contributed by atoms with E-state index in [1.807, 2.05) is 66.7 Å². The molecule has 0 bridgehead atoms. The van der Waals surface area contributed by atoms with Crippen LogP contribution in [0.2, 0.25) is 5.02 Å². The average molecular weight is 750 g/mol. The number of aromatic nitrogens is 1. The van der Waals surface area contributed by atoms with Gasteiger partial charge >= 0.3 is 5.97 Å². The number of carbonyl (C=O) groups is 1. The van der Waals surface area contributed by atoms with Gasteiger partial charge in [-0.1, -0.05) is 87.4 Å². The minimum absolute atomic E-state index is 0.197. The van der Waals surface area contributed by atoms with Gasteiger partial charge in [0.05, 0.1) is 26.0 Å². The fourth-order valence-electron chi connectivity index (χ4n) is 4.49. The second-order valence-corrected chi connectivity index (χ2v) is 12.4. The highest BCUT2D eigenvalue weighted by Crippen LogP contribution is 2.35. The Hall–Kier alpha value is -2.73. The Bertz CT molecular complexity index is 1820. The first kappa shape index (κ1) is 28.8. The Morgan fingerprint density at radius 2 is 1.90 bits per heavy atom. The molecule has 1 aliphatic rings. The number of ether oxygens (including phenoxy) is 2. The maximum absolute atomic E-state index is 14.0. The van der Waals surface area contributed by atoms with Crippen molar-refractivity contribution in [3.63, 3.8) is 0 Å². The molecule has 0 aliphatic carbocycles. The number of rotatable bonds is 7. The van der Waals surface area contributed by atoms with Gasteiger partial charge in [-0.05, 0) is 71.8 Å². The van der Waals surface area contributed by atoms with E-state index in [0.29, 0.717) is 38.0 Å². The van der Waals surface area contributed by atoms with Crippen molar-refractivity contribution in [2.75, 3.05) is 6.61 Å². The average Bonchev–Trinajstić information content (AvgIpc) is 3.22. The van der Waals surface area contributed by atoms with Gasteiger partial charge in [-0.25, -0.2) is 9.79 Å². The summed E-state index contributed by atoms with van der Waals surface area (Å²) in [5.74, 6) is 0.144. The van der Waals surface area contributed by atoms with Gasteiger partial charge in [0, 0.05) is 15.1 Å². The molecule has 0 fully saturated rings. The lowest BCUT2D eigenvalue weighted by Gasteiger charge is -2.25. The molecule has 204 valence electrons. The Morgan fingerprint density at radius 3 is 2.62 bits per heavy atom. The number of nitrogens with zero attached hydrogens (tertiary/aromatic N) is 2. The summed E-state index contributed by atoms with van der Waals surface area (Å²) in [5, 5.41) is 0.441. The zero-order valence-electron chi connectivity index (χ0n) is 21.5. The first-order chi connectivity index (χ1) is 19.3. The maximum Gasteiger partial charge on any atom is 0.338 e. The van der Waals surface area contributed by atoms with E-state index in [2.05, 4.69) is 43.5 Å². The summed E-state index contributed by atoms with van der Waals surface area (Å²) in [6.07, 6.45) is 1.81. The molecule has 0 saturated heterocycles. The minimum atomic E-state index is -0.775. The molecule has 1 atom stereocenters. The molecule has 2 heterocycles. The lowest BCUT2D eigenvalue weighted by molar-refractivity contribution is -0.139. The molecule has 0 saturated carbocycles. The van der Waals surface area contributed by atoms with E-state index in [-0.39, 0.29) is 17.7 Å². The predicted molar refractivity (Wildman–Crippen MR) is 169 cm³/mol. The molecule has 5 rings (SSSR count). The van der Waals surface area contributed by atoms with Gasteiger partial charge in [0.2, 0.25) is 0 Å². The molecule has 3 aromatic carbocycles. The van der Waals surface area contributed by atoms with Crippen molar-refractivity contribution < 1.29 is 14.3 Å². The van der Waals surface area contributed by atoms with Gasteiger partial charge in [-0.3, -0.25) is 9.36 Å². The summed E-state index contributed by atoms with van der Waals surface area (Å²) in [4.78, 5) is 32.2. The number of hydrogen-bond donors (Lipinski definition) is 0. The molecular weight excluding hydrogens is 727 g/mol. The number of allylic oxidation sites excluding steroid dienone is 1. The van der Waals surface area contributed by atoms with E-state index in [1.54, 1.807) is 19.9 Å². The summed E-state index contributed by atoms with van der Waals surface area (Å²) in [6, 6.07) is 20.2. The normalized spacial score (nSPS) is 15.0. The van der Waals surface area contributed by atoms with Crippen LogP contribution >= 0.6 is 61.5 Å². The predicted octanol–water partition coefficient (Wildman–Crippen LogP) is 6.40. The van der Waals surface area contributed by atoms with Gasteiger partial charge in [-0.2, -0.15) is 0 Å². The zero-order chi connectivity index (χ0) is 28.4. The van der Waals surface area contributed by atoms with Crippen LogP contribution in [0.15, 0.2) is 92.3 Å². The number of benzene rings is 3. The van der Waals surface area contributed by atoms with E-state index in [9.17, 15) is 9.59 Å². The van der Waals surface area contributed by atoms with E-state index in [1.165, 1.54) is 15.9 Å². The summed E-state index contributed by atoms with van der Waals surface area (Å²) in [5.41, 5.74) is 2.90. The molecule has 1 aliphatic heterocycles. The Morgan fingerprint density at radius 1 is 1.18 bits per heavy atom. The van der Waals surface area contributed by atoms with Crippen LogP contribution in [-0.4, -0.2) is 17.1 Å². The molecule has 0 radical (unpaired) electrons. The minimum Gasteiger partial charge on any atom is -0.487 e. The van der Waals surface area contributed by atoms with Crippen molar-refractivity contribution in [3.05, 3.63) is 127 Å². The van der Waals surface area contributed by atoms with Gasteiger partial charge in [-0.15, -0.1) is 0 Å². The molecule has 0 amide bonds. The number of esters is 1. The number of fused-ring (bicyclic) bond motifs is 1. The first-order valence-electron chi connectivity index (χ1n) is 12.4. The molecular formula is C30H23BrClIN2O4S. The Kier molecular flexibility index (Phi) is 8.94. The summed E-state index contributed by atoms with van der Waals surface area (Å²) in [6.45, 7) is 4.07. The van der Waals surface area contributed by atoms with E-state index < -0.39 is 12.0 Å². The van der Waals surface area contributed by atoms with Crippen molar-refractivity contribution in [1.29, 1.82) is 0 Å². The first-order valence-corrected chi connectivity index (χ1v) is 15.4. The lowest BCUT2D eigenvalue weighted by Crippen LogP contribution is -2.40. The van der Waals surface area contributed by atoms with E-state index in [0.717, 1.165) is 19.2 Å². The molecule has 1 aromatic heterocycles. The standard InChI is InChI=1S/C30H23BrClIN2O4S/c1-3-38-29(37)25-17(2)34-30-35(26(25)21-11-7-8-12-22(21)32)28(36)24(40-30)14-19-13-20(31)15-23(33)27(19)39-16-18-9-5-4-6-10-18/h4-15,26H,3,16H2,1-2H3/b24-14-/t26-/m0/s1. The summed E-state index contributed by atoms with van der Waals surface area (Å²) in [7, 11) is 0. The molecule has 0 spiro atoms. The Labute approximate surface area is 261 Å². The van der Waals surface area contributed by atoms with Crippen molar-refractivity contribution >= 4 is 73.5 Å². The number of thiazole rings is 1. The quantitative estimate of drug-likeness (QED) is 0.162. The second-order valence-electron chi connectivity index (χ2n) is 8.90. The summed E-state index contributed by atoms with van der Waals surface area (Å²) < 4.78 is 15.4. The third-order valence-electron chi connectivity index (χ3n) is 6.27. The molecule has 40 heavy (non-hydrogen) atoms. The van der Waals surface area contributed by atoms with Crippen molar-refractivity contribution in [1.82, 2.24) is 4.57 Å². The van der Waals surface area contributed by atoms with Crippen LogP contribution in [0.3, 0.4) is 0 Å². The van der Waals surface area contributed by atoms with Gasteiger partial charge in [0.25, 0.3) is 5.56 Å². The highest BCUT2D eigenvalue weighted by atomic mass is 127. The fourth-order valence-corrected chi connectivity index (χ4v) is 7.48. The van der Waals surface area contributed by atoms with Crippen molar-refractivity contribution in [3.8, 4) is 5.75 Å². The van der Waals surface area contributed by atoms with Crippen molar-refractivity contribution in [2.24, 2.45) is 4.99 Å². The molecule has 6 nitrogen and oxygen atoms in total. The molecule has 4 aromatic rings. The molecule has 0 unspecified atom stereocenters. The second kappa shape index (κ2) is 12.4. The smallest absolute Gasteiger partial charge is 0.338 e. The summed E-state index contributed by atoms with van der Waals surface area (Å²) >= 11 is 13.7. The van der Waals surface area contributed by atoms with Crippen molar-refractivity contribution in [2.45, 2.75) is 26.5 Å². The van der Waals surface area contributed by atoms with Crippen LogP contribution in [0, 0.1) is 3.57 Å². The Balaban J connectivity index is 1.67. The third kappa shape index (κ3) is 5.83. The van der Waals surface area contributed by atoms with Crippen LogP contribution in [-0.2, 0) is 16.1 Å². The fraction of sp³-hybridized carbons (Fsp3) is 0.167. The number of hydrogen-bond acceptors (Lipinski definition) is 6. The number of halogens is 3. The van der Waals surface area contributed by atoms with Crippen LogP contribution in [0.1, 0.15) is 36.6 Å². The largest absolute Gasteiger partial charge is 0.487 e. The molecule has 0 N–H and O–H groups in total. The van der Waals surface area contributed by atoms with E-state index in [4.69, 9.17) is 21.1 Å². The van der Waals surface area contributed by atoms with Gasteiger partial charge in [0.15, 0.2) is 4.80 Å². The topological polar surface area (TPSA) is 69.9 Å². The van der Waals surface area contributed by atoms with E-state index >= 15 is 0 Å². The van der Waals surface area contributed by atoms with Gasteiger partial charge in [0.1, 0.15) is 18.4 Å².